The molecule has 3 heteroatoms. The Kier molecular flexibility index (Phi) is 5.79. The molecule has 0 aromatic rings. The maximum absolute atomic E-state index is 8.90. The Morgan fingerprint density at radius 3 is 2.44 bits per heavy atom. The number of rotatable bonds is 5. The summed E-state index contributed by atoms with van der Waals surface area (Å²) >= 11 is 0. The summed E-state index contributed by atoms with van der Waals surface area (Å²) in [7, 11) is 0. The van der Waals surface area contributed by atoms with E-state index in [4.69, 9.17) is 10.00 Å². The van der Waals surface area contributed by atoms with Gasteiger partial charge in [-0.2, -0.15) is 5.26 Å². The predicted molar refractivity (Wildman–Crippen MR) is 65.0 cm³/mol. The molecule has 1 saturated carbocycles. The SMILES string of the molecule is CCNC(C#N)COC1CC(C)CC(C)C1. The number of nitrogens with zero attached hydrogens (tertiary/aromatic N) is 1. The van der Waals surface area contributed by atoms with Crippen molar-refractivity contribution in [2.24, 2.45) is 11.8 Å². The van der Waals surface area contributed by atoms with Gasteiger partial charge in [-0.1, -0.05) is 20.8 Å². The molecule has 0 bridgehead atoms. The Morgan fingerprint density at radius 1 is 1.31 bits per heavy atom. The maximum atomic E-state index is 8.90. The molecule has 3 nitrogen and oxygen atoms in total. The predicted octanol–water partition coefficient (Wildman–Crippen LogP) is 2.33. The van der Waals surface area contributed by atoms with Crippen LogP contribution in [0.25, 0.3) is 0 Å². The van der Waals surface area contributed by atoms with Crippen LogP contribution in [0.2, 0.25) is 0 Å². The highest BCUT2D eigenvalue weighted by Crippen LogP contribution is 2.30. The summed E-state index contributed by atoms with van der Waals surface area (Å²) in [6.07, 6.45) is 3.96. The van der Waals surface area contributed by atoms with Gasteiger partial charge in [0.2, 0.25) is 0 Å². The second kappa shape index (κ2) is 6.88. The minimum atomic E-state index is -0.155. The topological polar surface area (TPSA) is 45.0 Å². The van der Waals surface area contributed by atoms with Gasteiger partial charge in [0.1, 0.15) is 6.04 Å². The molecule has 16 heavy (non-hydrogen) atoms. The molecule has 0 aromatic heterocycles. The molecule has 1 rings (SSSR count). The van der Waals surface area contributed by atoms with E-state index in [1.54, 1.807) is 0 Å². The fourth-order valence-electron chi connectivity index (χ4n) is 2.63. The normalized spacial score (nSPS) is 32.0. The Labute approximate surface area is 99.2 Å². The van der Waals surface area contributed by atoms with Crippen molar-refractivity contribution in [1.29, 1.82) is 5.26 Å². The number of nitriles is 1. The lowest BCUT2D eigenvalue weighted by atomic mass is 9.82. The van der Waals surface area contributed by atoms with E-state index in [2.05, 4.69) is 25.2 Å². The first-order chi connectivity index (χ1) is 7.65. The summed E-state index contributed by atoms with van der Waals surface area (Å²) < 4.78 is 5.84. The maximum Gasteiger partial charge on any atom is 0.119 e. The van der Waals surface area contributed by atoms with Gasteiger partial charge < -0.3 is 10.1 Å². The lowest BCUT2D eigenvalue weighted by Gasteiger charge is -2.31. The van der Waals surface area contributed by atoms with E-state index in [0.717, 1.165) is 31.2 Å². The van der Waals surface area contributed by atoms with Gasteiger partial charge in [-0.15, -0.1) is 0 Å². The zero-order chi connectivity index (χ0) is 12.0. The lowest BCUT2D eigenvalue weighted by Crippen LogP contribution is -2.35. The third kappa shape index (κ3) is 4.51. The summed E-state index contributed by atoms with van der Waals surface area (Å²) in [5.74, 6) is 1.52. The molecule has 92 valence electrons. The van der Waals surface area contributed by atoms with Gasteiger partial charge >= 0.3 is 0 Å². The van der Waals surface area contributed by atoms with E-state index in [1.165, 1.54) is 6.42 Å². The van der Waals surface area contributed by atoms with Gasteiger partial charge in [-0.05, 0) is 37.6 Å². The molecule has 0 spiro atoms. The van der Waals surface area contributed by atoms with Crippen molar-refractivity contribution in [2.75, 3.05) is 13.2 Å². The van der Waals surface area contributed by atoms with E-state index in [9.17, 15) is 0 Å². The van der Waals surface area contributed by atoms with Crippen molar-refractivity contribution < 1.29 is 4.74 Å². The van der Waals surface area contributed by atoms with Gasteiger partial charge in [-0.3, -0.25) is 0 Å². The standard InChI is InChI=1S/C13H24N2O/c1-4-15-12(8-14)9-16-13-6-10(2)5-11(3)7-13/h10-13,15H,4-7,9H2,1-3H3. The Balaban J connectivity index is 2.28. The van der Waals surface area contributed by atoms with Crippen LogP contribution in [0.3, 0.4) is 0 Å². The summed E-state index contributed by atoms with van der Waals surface area (Å²) in [6.45, 7) is 7.93. The molecular formula is C13H24N2O. The first-order valence-corrected chi connectivity index (χ1v) is 6.40. The first-order valence-electron chi connectivity index (χ1n) is 6.40. The molecular weight excluding hydrogens is 200 g/mol. The Bertz CT molecular complexity index is 227. The summed E-state index contributed by atoms with van der Waals surface area (Å²) in [4.78, 5) is 0. The van der Waals surface area contributed by atoms with Crippen LogP contribution in [0.4, 0.5) is 0 Å². The molecule has 3 atom stereocenters. The van der Waals surface area contributed by atoms with Gasteiger partial charge in [0.05, 0.1) is 18.8 Å². The zero-order valence-corrected chi connectivity index (χ0v) is 10.7. The van der Waals surface area contributed by atoms with E-state index in [1.807, 2.05) is 6.92 Å². The van der Waals surface area contributed by atoms with Crippen molar-refractivity contribution in [3.63, 3.8) is 0 Å². The highest BCUT2D eigenvalue weighted by atomic mass is 16.5. The number of nitrogens with one attached hydrogen (secondary N) is 1. The van der Waals surface area contributed by atoms with Crippen LogP contribution < -0.4 is 5.32 Å². The smallest absolute Gasteiger partial charge is 0.119 e. The van der Waals surface area contributed by atoms with Crippen molar-refractivity contribution >= 4 is 0 Å². The highest BCUT2D eigenvalue weighted by Gasteiger charge is 2.24. The van der Waals surface area contributed by atoms with Crippen molar-refractivity contribution in [2.45, 2.75) is 52.2 Å². The fraction of sp³-hybridized carbons (Fsp3) is 0.923. The van der Waals surface area contributed by atoms with Crippen molar-refractivity contribution in [1.82, 2.24) is 5.32 Å². The van der Waals surface area contributed by atoms with Crippen LogP contribution >= 0.6 is 0 Å². The number of hydrogen-bond acceptors (Lipinski definition) is 3. The van der Waals surface area contributed by atoms with E-state index < -0.39 is 0 Å². The van der Waals surface area contributed by atoms with Gasteiger partial charge in [0.25, 0.3) is 0 Å². The van der Waals surface area contributed by atoms with Crippen LogP contribution in [-0.4, -0.2) is 25.3 Å². The van der Waals surface area contributed by atoms with Crippen LogP contribution in [0.5, 0.6) is 0 Å². The monoisotopic (exact) mass is 224 g/mol. The largest absolute Gasteiger partial charge is 0.375 e. The summed E-state index contributed by atoms with van der Waals surface area (Å²) in [5.41, 5.74) is 0. The minimum Gasteiger partial charge on any atom is -0.375 e. The molecule has 3 unspecified atom stereocenters. The van der Waals surface area contributed by atoms with Crippen LogP contribution in [0, 0.1) is 23.2 Å². The molecule has 1 aliphatic rings. The molecule has 0 aliphatic heterocycles. The summed E-state index contributed by atoms with van der Waals surface area (Å²) in [6, 6.07) is 2.07. The Morgan fingerprint density at radius 2 is 1.94 bits per heavy atom. The average molecular weight is 224 g/mol. The number of ether oxygens (including phenoxy) is 1. The number of hydrogen-bond donors (Lipinski definition) is 1. The summed E-state index contributed by atoms with van der Waals surface area (Å²) in [5, 5.41) is 12.0. The van der Waals surface area contributed by atoms with Crippen LogP contribution in [0.1, 0.15) is 40.0 Å². The van der Waals surface area contributed by atoms with Gasteiger partial charge in [0, 0.05) is 0 Å². The quantitative estimate of drug-likeness (QED) is 0.779. The highest BCUT2D eigenvalue weighted by molar-refractivity contribution is 4.89. The molecule has 0 amide bonds. The second-order valence-corrected chi connectivity index (χ2v) is 5.11. The van der Waals surface area contributed by atoms with E-state index >= 15 is 0 Å². The van der Waals surface area contributed by atoms with Crippen molar-refractivity contribution in [3.8, 4) is 6.07 Å². The number of likely N-dealkylation sites (N-methyl/N-ethyl adjacent to an activating group) is 1. The third-order valence-electron chi connectivity index (χ3n) is 3.24. The third-order valence-corrected chi connectivity index (χ3v) is 3.24. The van der Waals surface area contributed by atoms with E-state index in [0.29, 0.717) is 12.7 Å². The molecule has 1 N–H and O–H groups in total. The van der Waals surface area contributed by atoms with Crippen LogP contribution in [0.15, 0.2) is 0 Å². The Hall–Kier alpha value is -0.590. The van der Waals surface area contributed by atoms with E-state index in [-0.39, 0.29) is 6.04 Å². The molecule has 1 fully saturated rings. The molecule has 0 aromatic carbocycles. The zero-order valence-electron chi connectivity index (χ0n) is 10.7. The lowest BCUT2D eigenvalue weighted by molar-refractivity contribution is -0.00334. The molecule has 0 heterocycles. The molecule has 0 radical (unpaired) electrons. The fourth-order valence-corrected chi connectivity index (χ4v) is 2.63. The second-order valence-electron chi connectivity index (χ2n) is 5.11. The van der Waals surface area contributed by atoms with Gasteiger partial charge in [-0.25, -0.2) is 0 Å². The van der Waals surface area contributed by atoms with Gasteiger partial charge in [0.15, 0.2) is 0 Å². The molecule has 1 aliphatic carbocycles. The molecule has 0 saturated heterocycles. The average Bonchev–Trinajstić information content (AvgIpc) is 2.23. The van der Waals surface area contributed by atoms with Crippen molar-refractivity contribution in [3.05, 3.63) is 0 Å². The first kappa shape index (κ1) is 13.5. The van der Waals surface area contributed by atoms with Crippen LogP contribution in [-0.2, 0) is 4.74 Å². The minimum absolute atomic E-state index is 0.155.